The lowest BCUT2D eigenvalue weighted by Gasteiger charge is -2.17. The van der Waals surface area contributed by atoms with E-state index < -0.39 is 0 Å². The number of methoxy groups -OCH3 is 1. The number of carbonyl (C=O) groups excluding carboxylic acids is 1. The number of rotatable bonds is 4. The van der Waals surface area contributed by atoms with Gasteiger partial charge >= 0.3 is 5.97 Å². The molecule has 22 heavy (non-hydrogen) atoms. The Morgan fingerprint density at radius 3 is 2.64 bits per heavy atom. The van der Waals surface area contributed by atoms with Crippen LogP contribution in [0.15, 0.2) is 60.8 Å². The van der Waals surface area contributed by atoms with Crippen LogP contribution in [0, 0.1) is 0 Å². The fourth-order valence-corrected chi connectivity index (χ4v) is 2.98. The minimum Gasteiger partial charge on any atom is -0.469 e. The van der Waals surface area contributed by atoms with Crippen LogP contribution in [0.1, 0.15) is 23.5 Å². The highest BCUT2D eigenvalue weighted by Gasteiger charge is 2.19. The first-order valence-electron chi connectivity index (χ1n) is 7.11. The van der Waals surface area contributed by atoms with Gasteiger partial charge in [0.1, 0.15) is 0 Å². The lowest BCUT2D eigenvalue weighted by molar-refractivity contribution is -0.140. The zero-order valence-electron chi connectivity index (χ0n) is 12.3. The normalized spacial score (nSPS) is 12.3. The second-order valence-corrected chi connectivity index (χ2v) is 5.65. The number of nitrogens with zero attached hydrogens (tertiary/aromatic N) is 1. The van der Waals surface area contributed by atoms with Gasteiger partial charge in [0.05, 0.1) is 19.0 Å². The molecule has 0 radical (unpaired) electrons. The fourth-order valence-electron chi connectivity index (χ4n) is 2.73. The average molecular weight is 311 g/mol. The monoisotopic (exact) mass is 311 g/mol. The second kappa shape index (κ2) is 6.28. The summed E-state index contributed by atoms with van der Waals surface area (Å²) >= 11 is 4.37. The molecule has 0 bridgehead atoms. The first-order valence-corrected chi connectivity index (χ1v) is 7.51. The third kappa shape index (κ3) is 2.88. The minimum atomic E-state index is -0.208. The van der Waals surface area contributed by atoms with Gasteiger partial charge in [-0.25, -0.2) is 0 Å². The van der Waals surface area contributed by atoms with Gasteiger partial charge in [-0.15, -0.1) is 0 Å². The first kappa shape index (κ1) is 14.7. The van der Waals surface area contributed by atoms with E-state index in [1.165, 1.54) is 7.11 Å². The summed E-state index contributed by atoms with van der Waals surface area (Å²) < 4.78 is 6.65. The zero-order chi connectivity index (χ0) is 15.5. The molecule has 112 valence electrons. The molecule has 1 atom stereocenters. The zero-order valence-corrected chi connectivity index (χ0v) is 13.2. The van der Waals surface area contributed by atoms with Gasteiger partial charge in [-0.2, -0.15) is 0 Å². The predicted molar refractivity (Wildman–Crippen MR) is 91.2 cm³/mol. The van der Waals surface area contributed by atoms with Gasteiger partial charge in [-0.3, -0.25) is 8.77 Å². The van der Waals surface area contributed by atoms with Crippen molar-refractivity contribution in [1.29, 1.82) is 0 Å². The third-order valence-corrected chi connectivity index (χ3v) is 4.25. The molecule has 1 unspecified atom stereocenters. The quantitative estimate of drug-likeness (QED) is 0.582. The Morgan fingerprint density at radius 2 is 1.91 bits per heavy atom. The van der Waals surface area contributed by atoms with Crippen LogP contribution >= 0.6 is 12.8 Å². The Labute approximate surface area is 135 Å². The van der Waals surface area contributed by atoms with E-state index in [-0.39, 0.29) is 11.9 Å². The van der Waals surface area contributed by atoms with E-state index in [9.17, 15) is 4.79 Å². The molecule has 0 aliphatic carbocycles. The lowest BCUT2D eigenvalue weighted by atomic mass is 9.88. The maximum Gasteiger partial charge on any atom is 0.306 e. The van der Waals surface area contributed by atoms with Crippen LogP contribution in [0.5, 0.6) is 0 Å². The molecule has 0 N–H and O–H groups in total. The van der Waals surface area contributed by atoms with Gasteiger partial charge in [0.2, 0.25) is 0 Å². The largest absolute Gasteiger partial charge is 0.469 e. The minimum absolute atomic E-state index is 0.0127. The number of fused-ring (bicyclic) bond motifs is 1. The standard InChI is InChI=1S/C18H17NO2S/c1-21-18(20)12-16(13-5-3-2-4-6-13)14-7-8-17-15(11-14)9-10-19(17)22/h2-11,16,22H,12H2,1H3. The summed E-state index contributed by atoms with van der Waals surface area (Å²) in [6.45, 7) is 0. The first-order chi connectivity index (χ1) is 10.7. The Bertz CT molecular complexity index is 795. The molecule has 1 aromatic heterocycles. The summed E-state index contributed by atoms with van der Waals surface area (Å²) in [4.78, 5) is 11.8. The van der Waals surface area contributed by atoms with E-state index in [0.29, 0.717) is 6.42 Å². The van der Waals surface area contributed by atoms with E-state index in [1.54, 1.807) is 3.97 Å². The van der Waals surface area contributed by atoms with E-state index in [1.807, 2.05) is 48.7 Å². The Morgan fingerprint density at radius 1 is 1.14 bits per heavy atom. The maximum absolute atomic E-state index is 11.8. The topological polar surface area (TPSA) is 31.2 Å². The molecule has 3 aromatic rings. The molecule has 4 heteroatoms. The third-order valence-electron chi connectivity index (χ3n) is 3.90. The van der Waals surface area contributed by atoms with Crippen molar-refractivity contribution in [2.24, 2.45) is 0 Å². The van der Waals surface area contributed by atoms with E-state index in [2.05, 4.69) is 24.9 Å². The van der Waals surface area contributed by atoms with Crippen molar-refractivity contribution in [2.45, 2.75) is 12.3 Å². The van der Waals surface area contributed by atoms with Crippen molar-refractivity contribution in [3.63, 3.8) is 0 Å². The second-order valence-electron chi connectivity index (χ2n) is 5.22. The van der Waals surface area contributed by atoms with Gasteiger partial charge < -0.3 is 4.74 Å². The van der Waals surface area contributed by atoms with Crippen molar-refractivity contribution in [3.05, 3.63) is 71.9 Å². The van der Waals surface area contributed by atoms with Crippen LogP contribution in [0.25, 0.3) is 10.9 Å². The Kier molecular flexibility index (Phi) is 4.20. The summed E-state index contributed by atoms with van der Waals surface area (Å²) in [6, 6.07) is 18.3. The molecule has 0 amide bonds. The highest BCUT2D eigenvalue weighted by Crippen LogP contribution is 2.31. The smallest absolute Gasteiger partial charge is 0.306 e. The molecule has 1 heterocycles. The molecule has 0 aliphatic heterocycles. The number of esters is 1. The van der Waals surface area contributed by atoms with Gasteiger partial charge in [0.15, 0.2) is 0 Å². The van der Waals surface area contributed by atoms with Crippen molar-refractivity contribution in [3.8, 4) is 0 Å². The summed E-state index contributed by atoms with van der Waals surface area (Å²) in [5, 5.41) is 1.11. The molecule has 0 saturated carbocycles. The van der Waals surface area contributed by atoms with Crippen LogP contribution in [0.4, 0.5) is 0 Å². The van der Waals surface area contributed by atoms with Crippen molar-refractivity contribution in [1.82, 2.24) is 3.97 Å². The van der Waals surface area contributed by atoms with Crippen molar-refractivity contribution in [2.75, 3.05) is 7.11 Å². The number of benzene rings is 2. The maximum atomic E-state index is 11.8. The summed E-state index contributed by atoms with van der Waals surface area (Å²) in [5.74, 6) is -0.220. The fraction of sp³-hybridized carbons (Fsp3) is 0.167. The molecule has 0 aliphatic rings. The van der Waals surface area contributed by atoms with Crippen LogP contribution in [-0.4, -0.2) is 17.1 Å². The predicted octanol–water partition coefficient (Wildman–Crippen LogP) is 4.03. The number of thiol groups is 1. The van der Waals surface area contributed by atoms with Gasteiger partial charge in [0.25, 0.3) is 0 Å². The lowest BCUT2D eigenvalue weighted by Crippen LogP contribution is -2.10. The van der Waals surface area contributed by atoms with Crippen molar-refractivity contribution < 1.29 is 9.53 Å². The van der Waals surface area contributed by atoms with Gasteiger partial charge in [0, 0.05) is 17.5 Å². The molecule has 0 saturated heterocycles. The molecule has 2 aromatic carbocycles. The van der Waals surface area contributed by atoms with E-state index in [0.717, 1.165) is 22.0 Å². The van der Waals surface area contributed by atoms with Crippen LogP contribution in [-0.2, 0) is 9.53 Å². The number of hydrogen-bond donors (Lipinski definition) is 1. The molecule has 0 fully saturated rings. The molecular formula is C18H17NO2S. The summed E-state index contributed by atoms with van der Waals surface area (Å²) in [7, 11) is 1.43. The number of ether oxygens (including phenoxy) is 1. The summed E-state index contributed by atoms with van der Waals surface area (Å²) in [5.41, 5.74) is 3.26. The number of carbonyl (C=O) groups is 1. The molecule has 3 rings (SSSR count). The van der Waals surface area contributed by atoms with Crippen LogP contribution < -0.4 is 0 Å². The number of aromatic nitrogens is 1. The molecule has 0 spiro atoms. The Balaban J connectivity index is 2.04. The van der Waals surface area contributed by atoms with Crippen LogP contribution in [0.3, 0.4) is 0 Å². The number of hydrogen-bond acceptors (Lipinski definition) is 3. The molecular weight excluding hydrogens is 294 g/mol. The van der Waals surface area contributed by atoms with Crippen molar-refractivity contribution >= 4 is 29.7 Å². The average Bonchev–Trinajstić information content (AvgIpc) is 2.94. The van der Waals surface area contributed by atoms with E-state index in [4.69, 9.17) is 4.74 Å². The summed E-state index contributed by atoms with van der Waals surface area (Å²) in [6.07, 6.45) is 2.24. The highest BCUT2D eigenvalue weighted by atomic mass is 32.1. The highest BCUT2D eigenvalue weighted by molar-refractivity contribution is 7.78. The van der Waals surface area contributed by atoms with Gasteiger partial charge in [-0.1, -0.05) is 49.2 Å². The van der Waals surface area contributed by atoms with Crippen LogP contribution in [0.2, 0.25) is 0 Å². The van der Waals surface area contributed by atoms with Gasteiger partial charge in [-0.05, 0) is 29.3 Å². The molecule has 3 nitrogen and oxygen atoms in total. The Hall–Kier alpha value is -2.20. The van der Waals surface area contributed by atoms with E-state index >= 15 is 0 Å². The SMILES string of the molecule is COC(=O)CC(c1ccccc1)c1ccc2c(ccn2S)c1.